The van der Waals surface area contributed by atoms with Crippen LogP contribution in [0.2, 0.25) is 0 Å². The number of aliphatic hydroxyl groups excluding tert-OH is 4. The van der Waals surface area contributed by atoms with E-state index in [1.54, 1.807) is 17.7 Å². The van der Waals surface area contributed by atoms with Crippen LogP contribution in [0, 0.1) is 0 Å². The molecule has 2 aromatic rings. The third-order valence-corrected chi connectivity index (χ3v) is 4.01. The predicted molar refractivity (Wildman–Crippen MR) is 77.3 cm³/mol. The molecule has 0 aliphatic carbocycles. The minimum absolute atomic E-state index is 0.433. The molecule has 120 valence electrons. The Balaban J connectivity index is 1.86. The zero-order valence-corrected chi connectivity index (χ0v) is 12.0. The fourth-order valence-corrected chi connectivity index (χ4v) is 2.72. The molecule has 1 aromatic heterocycles. The Morgan fingerprint density at radius 3 is 2.59 bits per heavy atom. The molecule has 0 spiro atoms. The molecular weight excluding hydrogens is 290 g/mol. The van der Waals surface area contributed by atoms with Crippen LogP contribution in [0.25, 0.3) is 10.9 Å². The van der Waals surface area contributed by atoms with E-state index in [9.17, 15) is 15.3 Å². The van der Waals surface area contributed by atoms with Gasteiger partial charge in [-0.2, -0.15) is 0 Å². The van der Waals surface area contributed by atoms with Crippen LogP contribution in [-0.4, -0.2) is 62.3 Å². The van der Waals surface area contributed by atoms with Gasteiger partial charge in [-0.3, -0.25) is 0 Å². The van der Waals surface area contributed by atoms with Gasteiger partial charge in [0.15, 0.2) is 18.3 Å². The van der Waals surface area contributed by atoms with E-state index in [1.807, 2.05) is 24.3 Å². The summed E-state index contributed by atoms with van der Waals surface area (Å²) in [5.41, 5.74) is 0.937. The van der Waals surface area contributed by atoms with Crippen molar-refractivity contribution in [1.29, 1.82) is 0 Å². The fraction of sp³-hybridized carbons (Fsp3) is 0.467. The minimum atomic E-state index is -1.45. The highest BCUT2D eigenvalue weighted by Crippen LogP contribution is 2.28. The maximum absolute atomic E-state index is 10.1. The summed E-state index contributed by atoms with van der Waals surface area (Å²) in [7, 11) is 1.80. The number of aliphatic hydroxyl groups is 4. The van der Waals surface area contributed by atoms with Gasteiger partial charge in [-0.15, -0.1) is 0 Å². The number of aromatic nitrogens is 1. The van der Waals surface area contributed by atoms with E-state index in [0.717, 1.165) is 10.9 Å². The Morgan fingerprint density at radius 2 is 1.91 bits per heavy atom. The second kappa shape index (κ2) is 5.86. The predicted octanol–water partition coefficient (Wildman–Crippen LogP) is -0.643. The van der Waals surface area contributed by atoms with Gasteiger partial charge in [0.1, 0.15) is 18.3 Å². The molecule has 1 fully saturated rings. The van der Waals surface area contributed by atoms with E-state index < -0.39 is 37.3 Å². The van der Waals surface area contributed by atoms with Gasteiger partial charge in [0.05, 0.1) is 12.1 Å². The van der Waals surface area contributed by atoms with Gasteiger partial charge >= 0.3 is 0 Å². The average molecular weight is 309 g/mol. The van der Waals surface area contributed by atoms with Crippen LogP contribution in [-0.2, 0) is 11.8 Å². The second-order valence-electron chi connectivity index (χ2n) is 5.41. The van der Waals surface area contributed by atoms with Crippen LogP contribution in [0.1, 0.15) is 0 Å². The molecule has 4 N–H and O–H groups in total. The normalized spacial score (nSPS) is 32.3. The number of aryl methyl sites for hydroxylation is 1. The quantitative estimate of drug-likeness (QED) is 0.601. The van der Waals surface area contributed by atoms with E-state index in [1.165, 1.54) is 0 Å². The topological polar surface area (TPSA) is 104 Å². The van der Waals surface area contributed by atoms with Gasteiger partial charge in [0, 0.05) is 18.5 Å². The lowest BCUT2D eigenvalue weighted by molar-refractivity contribution is -0.281. The molecule has 1 aromatic carbocycles. The van der Waals surface area contributed by atoms with Crippen LogP contribution in [0.4, 0.5) is 0 Å². The Morgan fingerprint density at radius 1 is 1.18 bits per heavy atom. The summed E-state index contributed by atoms with van der Waals surface area (Å²) in [6.45, 7) is -0.504. The molecule has 0 amide bonds. The van der Waals surface area contributed by atoms with Gasteiger partial charge < -0.3 is 34.5 Å². The number of fused-ring (bicyclic) bond motifs is 1. The molecule has 1 aliphatic heterocycles. The lowest BCUT2D eigenvalue weighted by Gasteiger charge is -2.39. The van der Waals surface area contributed by atoms with Crippen LogP contribution in [0.3, 0.4) is 0 Å². The standard InChI is InChI=1S/C15H19NO6/c1-16-9-5-3-2-4-8(9)6-11(16)22-14-13(19)12(18)10(7-17)21-15(14)20/h2-6,10,12-15,17-20H,7H2,1H3/t10-,12+,13+,14-,15?/m1/s1. The van der Waals surface area contributed by atoms with Crippen molar-refractivity contribution in [3.05, 3.63) is 30.3 Å². The number of rotatable bonds is 3. The van der Waals surface area contributed by atoms with Crippen molar-refractivity contribution >= 4 is 10.9 Å². The minimum Gasteiger partial charge on any atom is -0.467 e. The van der Waals surface area contributed by atoms with Crippen molar-refractivity contribution in [3.8, 4) is 5.88 Å². The zero-order chi connectivity index (χ0) is 15.9. The first-order valence-electron chi connectivity index (χ1n) is 7.04. The number of hydrogen-bond acceptors (Lipinski definition) is 6. The molecule has 0 bridgehead atoms. The van der Waals surface area contributed by atoms with Crippen molar-refractivity contribution in [2.45, 2.75) is 30.7 Å². The van der Waals surface area contributed by atoms with Crippen molar-refractivity contribution in [2.24, 2.45) is 7.05 Å². The first kappa shape index (κ1) is 15.3. The summed E-state index contributed by atoms with van der Waals surface area (Å²) in [5.74, 6) is 0.433. The highest BCUT2D eigenvalue weighted by molar-refractivity contribution is 5.82. The van der Waals surface area contributed by atoms with E-state index in [4.69, 9.17) is 14.6 Å². The summed E-state index contributed by atoms with van der Waals surface area (Å²) in [6.07, 6.45) is -6.36. The molecule has 2 heterocycles. The number of ether oxygens (including phenoxy) is 2. The van der Waals surface area contributed by atoms with Crippen molar-refractivity contribution < 1.29 is 29.9 Å². The molecule has 0 saturated carbocycles. The molecule has 22 heavy (non-hydrogen) atoms. The lowest BCUT2D eigenvalue weighted by Crippen LogP contribution is -2.60. The van der Waals surface area contributed by atoms with Gasteiger partial charge in [0.2, 0.25) is 0 Å². The van der Waals surface area contributed by atoms with E-state index in [0.29, 0.717) is 5.88 Å². The SMILES string of the molecule is Cn1c(O[C@H]2C(O)O[C@H](CO)[C@H](O)[C@@H]2O)cc2ccccc21. The maximum atomic E-state index is 10.1. The number of hydrogen-bond donors (Lipinski definition) is 4. The fourth-order valence-electron chi connectivity index (χ4n) is 2.72. The van der Waals surface area contributed by atoms with Gasteiger partial charge in [-0.05, 0) is 6.07 Å². The van der Waals surface area contributed by atoms with E-state index >= 15 is 0 Å². The summed E-state index contributed by atoms with van der Waals surface area (Å²) in [5, 5.41) is 39.9. The van der Waals surface area contributed by atoms with Crippen LogP contribution in [0.15, 0.2) is 30.3 Å². The Bertz CT molecular complexity index is 657. The summed E-state index contributed by atoms with van der Waals surface area (Å²) in [4.78, 5) is 0. The summed E-state index contributed by atoms with van der Waals surface area (Å²) < 4.78 is 12.5. The molecule has 7 heteroatoms. The number of benzene rings is 1. The molecule has 3 rings (SSSR count). The lowest BCUT2D eigenvalue weighted by atomic mass is 9.99. The molecular formula is C15H19NO6. The Labute approximate surface area is 126 Å². The zero-order valence-electron chi connectivity index (χ0n) is 12.0. The molecule has 7 nitrogen and oxygen atoms in total. The largest absolute Gasteiger partial charge is 0.467 e. The van der Waals surface area contributed by atoms with E-state index in [-0.39, 0.29) is 0 Å². The third-order valence-electron chi connectivity index (χ3n) is 4.01. The molecule has 1 saturated heterocycles. The summed E-state index contributed by atoms with van der Waals surface area (Å²) >= 11 is 0. The number of para-hydroxylation sites is 1. The molecule has 1 unspecified atom stereocenters. The monoisotopic (exact) mass is 309 g/mol. The Hall–Kier alpha value is -1.64. The van der Waals surface area contributed by atoms with Gasteiger partial charge in [-0.1, -0.05) is 18.2 Å². The van der Waals surface area contributed by atoms with E-state index in [2.05, 4.69) is 0 Å². The smallest absolute Gasteiger partial charge is 0.195 e. The summed E-state index contributed by atoms with van der Waals surface area (Å²) in [6, 6.07) is 9.41. The third kappa shape index (κ3) is 2.47. The number of nitrogens with zero attached hydrogens (tertiary/aromatic N) is 1. The Kier molecular flexibility index (Phi) is 4.07. The molecule has 0 radical (unpaired) electrons. The first-order valence-corrected chi connectivity index (χ1v) is 7.04. The van der Waals surface area contributed by atoms with Gasteiger partial charge in [-0.25, -0.2) is 0 Å². The van der Waals surface area contributed by atoms with Crippen molar-refractivity contribution in [1.82, 2.24) is 4.57 Å². The van der Waals surface area contributed by atoms with Crippen LogP contribution < -0.4 is 4.74 Å². The van der Waals surface area contributed by atoms with Crippen LogP contribution in [0.5, 0.6) is 5.88 Å². The van der Waals surface area contributed by atoms with Crippen LogP contribution >= 0.6 is 0 Å². The second-order valence-corrected chi connectivity index (χ2v) is 5.41. The average Bonchev–Trinajstić information content (AvgIpc) is 2.84. The highest BCUT2D eigenvalue weighted by atomic mass is 16.7. The van der Waals surface area contributed by atoms with Crippen molar-refractivity contribution in [2.75, 3.05) is 6.61 Å². The highest BCUT2D eigenvalue weighted by Gasteiger charge is 2.45. The van der Waals surface area contributed by atoms with Gasteiger partial charge in [0.25, 0.3) is 0 Å². The maximum Gasteiger partial charge on any atom is 0.195 e. The van der Waals surface area contributed by atoms with Crippen molar-refractivity contribution in [3.63, 3.8) is 0 Å². The first-order chi connectivity index (χ1) is 10.5. The molecule has 5 atom stereocenters. The molecule has 1 aliphatic rings.